The Hall–Kier alpha value is -0.930. The van der Waals surface area contributed by atoms with Gasteiger partial charge in [-0.15, -0.1) is 17.9 Å². The average Bonchev–Trinajstić information content (AvgIpc) is 2.51. The van der Waals surface area contributed by atoms with Crippen molar-refractivity contribution >= 4 is 17.1 Å². The molecular weight excluding hydrogens is 182 g/mol. The first-order valence-corrected chi connectivity index (χ1v) is 4.99. The van der Waals surface area contributed by atoms with E-state index >= 15 is 0 Å². The van der Waals surface area contributed by atoms with Crippen LogP contribution in [0.4, 0.5) is 0 Å². The van der Waals surface area contributed by atoms with Crippen LogP contribution in [0.15, 0.2) is 24.1 Å². The van der Waals surface area contributed by atoms with Crippen molar-refractivity contribution < 1.29 is 4.79 Å². The third kappa shape index (κ3) is 2.50. The number of carbonyl (C=O) groups is 1. The number of nitrogens with two attached hydrogens (primary N) is 1. The maximum atomic E-state index is 11.6. The summed E-state index contributed by atoms with van der Waals surface area (Å²) >= 11 is 1.57. The molecular formula is C10H13NOS. The monoisotopic (exact) mass is 195 g/mol. The highest BCUT2D eigenvalue weighted by Crippen LogP contribution is 2.15. The molecule has 0 aliphatic rings. The van der Waals surface area contributed by atoms with Crippen molar-refractivity contribution in [3.05, 3.63) is 34.5 Å². The van der Waals surface area contributed by atoms with Crippen molar-refractivity contribution in [1.82, 2.24) is 0 Å². The van der Waals surface area contributed by atoms with Crippen LogP contribution in [0.25, 0.3) is 0 Å². The lowest BCUT2D eigenvalue weighted by molar-refractivity contribution is 0.0962. The fourth-order valence-corrected chi connectivity index (χ4v) is 1.77. The van der Waals surface area contributed by atoms with Gasteiger partial charge in [0, 0.05) is 15.8 Å². The molecule has 1 atom stereocenters. The van der Waals surface area contributed by atoms with Crippen LogP contribution in [0.3, 0.4) is 0 Å². The normalized spacial score (nSPS) is 12.5. The summed E-state index contributed by atoms with van der Waals surface area (Å²) < 4.78 is 0. The smallest absolute Gasteiger partial charge is 0.180 e. The van der Waals surface area contributed by atoms with E-state index in [4.69, 9.17) is 5.73 Å². The summed E-state index contributed by atoms with van der Waals surface area (Å²) in [5.74, 6) is 0.00394. The minimum atomic E-state index is -0.438. The third-order valence-corrected chi connectivity index (χ3v) is 2.63. The highest BCUT2D eigenvalue weighted by Gasteiger charge is 2.14. The van der Waals surface area contributed by atoms with Gasteiger partial charge in [-0.25, -0.2) is 0 Å². The number of carbonyl (C=O) groups excluding carboxylic acids is 1. The molecule has 3 heteroatoms. The summed E-state index contributed by atoms with van der Waals surface area (Å²) in [6, 6.07) is 1.43. The fourth-order valence-electron chi connectivity index (χ4n) is 1.07. The number of rotatable bonds is 4. The number of ketones is 1. The Labute approximate surface area is 82.1 Å². The topological polar surface area (TPSA) is 43.1 Å². The van der Waals surface area contributed by atoms with E-state index in [1.54, 1.807) is 17.4 Å². The summed E-state index contributed by atoms with van der Waals surface area (Å²) in [5.41, 5.74) is 6.37. The average molecular weight is 195 g/mol. The van der Waals surface area contributed by atoms with Crippen LogP contribution in [0.1, 0.15) is 21.7 Å². The van der Waals surface area contributed by atoms with Crippen LogP contribution in [-0.2, 0) is 0 Å². The van der Waals surface area contributed by atoms with Gasteiger partial charge >= 0.3 is 0 Å². The molecule has 0 bridgehead atoms. The molecule has 0 aromatic carbocycles. The molecule has 1 aromatic rings. The van der Waals surface area contributed by atoms with Crippen molar-refractivity contribution in [1.29, 1.82) is 0 Å². The van der Waals surface area contributed by atoms with Crippen molar-refractivity contribution in [2.75, 3.05) is 0 Å². The Morgan fingerprint density at radius 1 is 1.85 bits per heavy atom. The molecule has 1 unspecified atom stereocenters. The van der Waals surface area contributed by atoms with Gasteiger partial charge in [-0.1, -0.05) is 6.08 Å². The highest BCUT2D eigenvalue weighted by atomic mass is 32.1. The van der Waals surface area contributed by atoms with Gasteiger partial charge in [0.15, 0.2) is 5.78 Å². The summed E-state index contributed by atoms with van der Waals surface area (Å²) in [5, 5.41) is 1.85. The van der Waals surface area contributed by atoms with E-state index < -0.39 is 6.04 Å². The van der Waals surface area contributed by atoms with E-state index in [0.717, 1.165) is 10.4 Å². The summed E-state index contributed by atoms with van der Waals surface area (Å²) in [6.45, 7) is 5.53. The Bertz CT molecular complexity index is 316. The molecule has 1 rings (SSSR count). The molecule has 2 N–H and O–H groups in total. The SMILES string of the molecule is C=CCC(N)C(=O)c1csc(C)c1. The molecule has 1 heterocycles. The van der Waals surface area contributed by atoms with Crippen LogP contribution in [0.2, 0.25) is 0 Å². The van der Waals surface area contributed by atoms with Crippen LogP contribution < -0.4 is 5.73 Å². The first-order valence-electron chi connectivity index (χ1n) is 4.11. The molecule has 1 aromatic heterocycles. The zero-order chi connectivity index (χ0) is 9.84. The molecule has 0 radical (unpaired) electrons. The predicted octanol–water partition coefficient (Wildman–Crippen LogP) is 2.14. The van der Waals surface area contributed by atoms with Crippen LogP contribution >= 0.6 is 11.3 Å². The van der Waals surface area contributed by atoms with Gasteiger partial charge in [0.05, 0.1) is 6.04 Å². The highest BCUT2D eigenvalue weighted by molar-refractivity contribution is 7.10. The van der Waals surface area contributed by atoms with E-state index in [-0.39, 0.29) is 5.78 Å². The Balaban J connectivity index is 2.73. The summed E-state index contributed by atoms with van der Waals surface area (Å²) in [7, 11) is 0. The van der Waals surface area contributed by atoms with E-state index in [9.17, 15) is 4.79 Å². The lowest BCUT2D eigenvalue weighted by Gasteiger charge is -2.04. The van der Waals surface area contributed by atoms with Gasteiger partial charge in [-0.3, -0.25) is 4.79 Å². The van der Waals surface area contributed by atoms with Crippen molar-refractivity contribution in [3.8, 4) is 0 Å². The molecule has 0 aliphatic carbocycles. The molecule has 70 valence electrons. The number of hydrogen-bond donors (Lipinski definition) is 1. The number of hydrogen-bond acceptors (Lipinski definition) is 3. The summed E-state index contributed by atoms with van der Waals surface area (Å²) in [4.78, 5) is 12.7. The van der Waals surface area contributed by atoms with Crippen LogP contribution in [0, 0.1) is 6.92 Å². The molecule has 0 fully saturated rings. The molecule has 0 saturated carbocycles. The van der Waals surface area contributed by atoms with Gasteiger partial charge in [0.1, 0.15) is 0 Å². The maximum Gasteiger partial charge on any atom is 0.180 e. The Morgan fingerprint density at radius 2 is 2.54 bits per heavy atom. The third-order valence-electron chi connectivity index (χ3n) is 1.77. The predicted molar refractivity (Wildman–Crippen MR) is 56.2 cm³/mol. The maximum absolute atomic E-state index is 11.6. The second-order valence-electron chi connectivity index (χ2n) is 2.94. The number of aryl methyl sites for hydroxylation is 1. The lowest BCUT2D eigenvalue weighted by atomic mass is 10.1. The van der Waals surface area contributed by atoms with Gasteiger partial charge < -0.3 is 5.73 Å². The standard InChI is InChI=1S/C10H13NOS/c1-3-4-9(11)10(12)8-5-7(2)13-6-8/h3,5-6,9H,1,4,11H2,2H3. The number of thiophene rings is 1. The van der Waals surface area contributed by atoms with Gasteiger partial charge in [-0.2, -0.15) is 0 Å². The van der Waals surface area contributed by atoms with E-state index in [1.165, 1.54) is 0 Å². The largest absolute Gasteiger partial charge is 0.321 e. The van der Waals surface area contributed by atoms with Crippen molar-refractivity contribution in [2.45, 2.75) is 19.4 Å². The molecule has 2 nitrogen and oxygen atoms in total. The molecule has 13 heavy (non-hydrogen) atoms. The zero-order valence-corrected chi connectivity index (χ0v) is 8.43. The first-order chi connectivity index (χ1) is 6.15. The quantitative estimate of drug-likeness (QED) is 0.591. The fraction of sp³-hybridized carbons (Fsp3) is 0.300. The Kier molecular flexibility index (Phi) is 3.39. The van der Waals surface area contributed by atoms with Crippen LogP contribution in [0.5, 0.6) is 0 Å². The van der Waals surface area contributed by atoms with Crippen LogP contribution in [-0.4, -0.2) is 11.8 Å². The summed E-state index contributed by atoms with van der Waals surface area (Å²) in [6.07, 6.45) is 2.20. The lowest BCUT2D eigenvalue weighted by Crippen LogP contribution is -2.29. The Morgan fingerprint density at radius 3 is 3.00 bits per heavy atom. The second kappa shape index (κ2) is 4.35. The van der Waals surface area contributed by atoms with Gasteiger partial charge in [-0.05, 0) is 19.4 Å². The van der Waals surface area contributed by atoms with E-state index in [2.05, 4.69) is 6.58 Å². The molecule has 0 spiro atoms. The van der Waals surface area contributed by atoms with Gasteiger partial charge in [0.25, 0.3) is 0 Å². The number of Topliss-reactive ketones (excluding diaryl/α,β-unsaturated/α-hetero) is 1. The molecule has 0 saturated heterocycles. The van der Waals surface area contributed by atoms with E-state index in [1.807, 2.05) is 18.4 Å². The van der Waals surface area contributed by atoms with Gasteiger partial charge in [0.2, 0.25) is 0 Å². The van der Waals surface area contributed by atoms with Crippen molar-refractivity contribution in [3.63, 3.8) is 0 Å². The zero-order valence-electron chi connectivity index (χ0n) is 7.62. The first kappa shape index (κ1) is 10.2. The second-order valence-corrected chi connectivity index (χ2v) is 4.06. The minimum absolute atomic E-state index is 0.00394. The molecule has 0 aliphatic heterocycles. The molecule has 0 amide bonds. The van der Waals surface area contributed by atoms with E-state index in [0.29, 0.717) is 6.42 Å². The van der Waals surface area contributed by atoms with Crippen molar-refractivity contribution in [2.24, 2.45) is 5.73 Å². The minimum Gasteiger partial charge on any atom is -0.321 e.